The molecule has 0 radical (unpaired) electrons. The van der Waals surface area contributed by atoms with Crippen LogP contribution >= 0.6 is 0 Å². The third-order valence-electron chi connectivity index (χ3n) is 10.6. The molecule has 2 aromatic carbocycles. The van der Waals surface area contributed by atoms with E-state index in [9.17, 15) is 14.4 Å². The minimum Gasteiger partial charge on any atom is -0.367 e. The molecule has 8 aromatic rings. The first-order chi connectivity index (χ1) is 30.2. The van der Waals surface area contributed by atoms with Gasteiger partial charge in [-0.25, -0.2) is 19.3 Å². The average molecular weight is 828 g/mol. The first-order valence-corrected chi connectivity index (χ1v) is 20.3. The lowest BCUT2D eigenvalue weighted by atomic mass is 10.1. The summed E-state index contributed by atoms with van der Waals surface area (Å²) in [6.07, 6.45) is 14.4. The zero-order valence-corrected chi connectivity index (χ0v) is 33.8. The van der Waals surface area contributed by atoms with E-state index in [0.29, 0.717) is 51.8 Å². The van der Waals surface area contributed by atoms with Gasteiger partial charge in [-0.1, -0.05) is 0 Å². The number of fused-ring (bicyclic) bond motifs is 2. The van der Waals surface area contributed by atoms with E-state index in [0.717, 1.165) is 77.6 Å². The van der Waals surface area contributed by atoms with Crippen molar-refractivity contribution in [2.45, 2.75) is 58.0 Å². The molecule has 0 atom stereocenters. The van der Waals surface area contributed by atoms with Crippen LogP contribution in [0.25, 0.3) is 28.7 Å². The number of aryl methyl sites for hydroxylation is 2. The molecule has 2 amide bonds. The van der Waals surface area contributed by atoms with Crippen LogP contribution in [0.3, 0.4) is 0 Å². The molecule has 2 saturated carbocycles. The van der Waals surface area contributed by atoms with Crippen LogP contribution in [0.1, 0.15) is 59.4 Å². The number of imide groups is 1. The van der Waals surface area contributed by atoms with Crippen LogP contribution in [0, 0.1) is 13.8 Å². The number of benzene rings is 2. The Hall–Kier alpha value is -8.15. The zero-order chi connectivity index (χ0) is 42.3. The summed E-state index contributed by atoms with van der Waals surface area (Å²) in [4.78, 5) is 44.7. The summed E-state index contributed by atoms with van der Waals surface area (Å²) in [5.74, 6) is 2.30. The quantitative estimate of drug-likeness (QED) is 0.0520. The molecule has 18 heteroatoms. The Bertz CT molecular complexity index is 3000. The van der Waals surface area contributed by atoms with Crippen molar-refractivity contribution in [1.82, 2.24) is 54.1 Å². The molecule has 1 aliphatic heterocycles. The molecular formula is C44H41N15O3. The van der Waals surface area contributed by atoms with Crippen LogP contribution in [0.4, 0.5) is 34.6 Å². The third kappa shape index (κ3) is 7.95. The number of hydrogen-bond donors (Lipinski definition) is 5. The van der Waals surface area contributed by atoms with E-state index < -0.39 is 0 Å². The first-order valence-electron chi connectivity index (χ1n) is 20.3. The lowest BCUT2D eigenvalue weighted by molar-refractivity contribution is -0.124. The molecule has 62 heavy (non-hydrogen) atoms. The lowest BCUT2D eigenvalue weighted by Crippen LogP contribution is -2.19. The van der Waals surface area contributed by atoms with Gasteiger partial charge in [0.15, 0.2) is 17.6 Å². The number of nitrogens with one attached hydrogen (secondary N) is 5. The molecule has 6 aromatic heterocycles. The first kappa shape index (κ1) is 38.1. The Labute approximate surface area is 354 Å². The number of nitrogens with zero attached hydrogens (tertiary/aromatic N) is 10. The molecule has 1 saturated heterocycles. The molecule has 310 valence electrons. The van der Waals surface area contributed by atoms with Gasteiger partial charge in [0, 0.05) is 71.5 Å². The Morgan fingerprint density at radius 3 is 1.58 bits per heavy atom. The molecule has 3 aliphatic rings. The fourth-order valence-corrected chi connectivity index (χ4v) is 7.12. The van der Waals surface area contributed by atoms with Crippen LogP contribution in [0.2, 0.25) is 0 Å². The molecule has 5 N–H and O–H groups in total. The largest absolute Gasteiger partial charge is 0.367 e. The maximum absolute atomic E-state index is 12.1. The topological polar surface area (TPSA) is 207 Å². The van der Waals surface area contributed by atoms with Crippen molar-refractivity contribution in [2.24, 2.45) is 0 Å². The Morgan fingerprint density at radius 2 is 1.16 bits per heavy atom. The van der Waals surface area contributed by atoms with E-state index in [2.05, 4.69) is 52.0 Å². The van der Waals surface area contributed by atoms with Gasteiger partial charge in [-0.2, -0.15) is 29.4 Å². The van der Waals surface area contributed by atoms with E-state index >= 15 is 0 Å². The second-order valence-electron chi connectivity index (χ2n) is 15.4. The van der Waals surface area contributed by atoms with Gasteiger partial charge in [-0.15, -0.1) is 0 Å². The average Bonchev–Trinajstić information content (AvgIpc) is 3.91. The van der Waals surface area contributed by atoms with Gasteiger partial charge in [-0.05, 0) is 106 Å². The van der Waals surface area contributed by atoms with Gasteiger partial charge in [0.25, 0.3) is 5.91 Å². The zero-order valence-electron chi connectivity index (χ0n) is 33.8. The van der Waals surface area contributed by atoms with Gasteiger partial charge in [0.1, 0.15) is 23.3 Å². The summed E-state index contributed by atoms with van der Waals surface area (Å²) in [6.45, 7) is 3.69. The molecule has 3 fully saturated rings. The fourth-order valence-electron chi connectivity index (χ4n) is 7.12. The van der Waals surface area contributed by atoms with Crippen molar-refractivity contribution in [2.75, 3.05) is 21.3 Å². The molecule has 11 rings (SSSR count). The van der Waals surface area contributed by atoms with E-state index in [1.54, 1.807) is 36.9 Å². The highest BCUT2D eigenvalue weighted by Crippen LogP contribution is 2.31. The maximum atomic E-state index is 12.1. The van der Waals surface area contributed by atoms with Crippen molar-refractivity contribution >= 4 is 70.1 Å². The minimum atomic E-state index is -0.369. The minimum absolute atomic E-state index is 0.0589. The second-order valence-corrected chi connectivity index (χ2v) is 15.4. The highest BCUT2D eigenvalue weighted by molar-refractivity contribution is 6.16. The van der Waals surface area contributed by atoms with Gasteiger partial charge in [0.05, 0.1) is 34.7 Å². The fraction of sp³-hybridized carbons (Fsp3) is 0.205. The molecule has 2 aliphatic carbocycles. The number of carbonyl (C=O) groups is 3. The van der Waals surface area contributed by atoms with Crippen LogP contribution < -0.4 is 26.6 Å². The van der Waals surface area contributed by atoms with Crippen molar-refractivity contribution < 1.29 is 14.4 Å². The molecule has 18 nitrogen and oxygen atoms in total. The highest BCUT2D eigenvalue weighted by Gasteiger charge is 2.27. The summed E-state index contributed by atoms with van der Waals surface area (Å²) in [5.41, 5.74) is 7.91. The Balaban J connectivity index is 0.000000151. The van der Waals surface area contributed by atoms with E-state index in [4.69, 9.17) is 4.98 Å². The SMILES string of the molecule is Cc1nn2c(NC3CC3)cc(Nc3ccc(-n4cccn4)cc3)nc2c1/C=C1\CC(=O)NC1=O.Cc1nn2c(NC3CC3)cc(Nc3ccc(-n4cccn4)cc3)nc2c1C=O. The number of aldehydes is 1. The van der Waals surface area contributed by atoms with Crippen LogP contribution in [-0.2, 0) is 9.59 Å². The van der Waals surface area contributed by atoms with E-state index in [1.807, 2.05) is 99.0 Å². The number of rotatable bonds is 12. The van der Waals surface area contributed by atoms with Crippen molar-refractivity contribution in [3.8, 4) is 11.4 Å². The number of amides is 2. The summed E-state index contributed by atoms with van der Waals surface area (Å²) < 4.78 is 7.08. The molecule has 7 heterocycles. The number of aromatic nitrogens is 10. The third-order valence-corrected chi connectivity index (χ3v) is 10.6. The predicted molar refractivity (Wildman–Crippen MR) is 234 cm³/mol. The van der Waals surface area contributed by atoms with Gasteiger partial charge < -0.3 is 21.3 Å². The Kier molecular flexibility index (Phi) is 9.70. The molecule has 0 bridgehead atoms. The van der Waals surface area contributed by atoms with Crippen LogP contribution in [0.5, 0.6) is 0 Å². The van der Waals surface area contributed by atoms with Gasteiger partial charge >= 0.3 is 0 Å². The van der Waals surface area contributed by atoms with E-state index in [1.165, 1.54) is 0 Å². The van der Waals surface area contributed by atoms with Crippen molar-refractivity contribution in [3.05, 3.63) is 126 Å². The van der Waals surface area contributed by atoms with Crippen molar-refractivity contribution in [1.29, 1.82) is 0 Å². The predicted octanol–water partition coefficient (Wildman–Crippen LogP) is 6.33. The number of hydrogen-bond acceptors (Lipinski definition) is 13. The summed E-state index contributed by atoms with van der Waals surface area (Å²) in [5, 5.41) is 33.6. The molecular weight excluding hydrogens is 787 g/mol. The van der Waals surface area contributed by atoms with Gasteiger partial charge in [0.2, 0.25) is 5.91 Å². The highest BCUT2D eigenvalue weighted by atomic mass is 16.2. The number of anilines is 6. The lowest BCUT2D eigenvalue weighted by Gasteiger charge is -2.12. The summed E-state index contributed by atoms with van der Waals surface area (Å²) >= 11 is 0. The maximum Gasteiger partial charge on any atom is 0.254 e. The van der Waals surface area contributed by atoms with Crippen LogP contribution in [-0.4, -0.2) is 78.9 Å². The van der Waals surface area contributed by atoms with Crippen LogP contribution in [0.15, 0.2) is 103 Å². The van der Waals surface area contributed by atoms with Crippen molar-refractivity contribution in [3.63, 3.8) is 0 Å². The van der Waals surface area contributed by atoms with E-state index in [-0.39, 0.29) is 18.2 Å². The molecule has 0 unspecified atom stereocenters. The normalized spacial score (nSPS) is 15.4. The van der Waals surface area contributed by atoms with Gasteiger partial charge in [-0.3, -0.25) is 19.7 Å². The Morgan fingerprint density at radius 1 is 0.677 bits per heavy atom. The summed E-state index contributed by atoms with van der Waals surface area (Å²) in [7, 11) is 0. The smallest absolute Gasteiger partial charge is 0.254 e. The monoisotopic (exact) mass is 827 g/mol. The summed E-state index contributed by atoms with van der Waals surface area (Å²) in [6, 6.07) is 24.3. The second kappa shape index (κ2) is 15.8. The number of carbonyl (C=O) groups excluding carboxylic acids is 3. The molecule has 0 spiro atoms. The standard InChI is InChI=1S/C24H22N8O2.C20H19N7O/c1-14-19(11-15-12-22(33)29-24(15)34)23-28-20(13-21(32(23)30-14)27-17-3-4-17)26-16-5-7-18(8-6-16)31-10-2-9-25-31;1-13-17(12-28)20-24-18(11-19(27(20)25-13)23-15-3-4-15)22-14-5-7-16(8-6-14)26-10-2-9-21-26/h2,5-11,13,17,27H,3-4,12H2,1H3,(H,26,28)(H,29,33,34);2,5-12,15,23H,3-4H2,1H3,(H,22,24)/b15-11+;.